The molecule has 3 aromatic rings. The molecule has 0 nitrogen and oxygen atoms in total. The Morgan fingerprint density at radius 3 is 2.14 bits per heavy atom. The van der Waals surface area contributed by atoms with Crippen molar-refractivity contribution < 1.29 is 0 Å². The molecule has 0 aliphatic heterocycles. The van der Waals surface area contributed by atoms with E-state index in [2.05, 4.69) is 98.8 Å². The highest BCUT2D eigenvalue weighted by Crippen LogP contribution is 2.25. The molecule has 108 valence electrons. The van der Waals surface area contributed by atoms with Crippen molar-refractivity contribution in [2.75, 3.05) is 0 Å². The van der Waals surface area contributed by atoms with Crippen LogP contribution in [0.15, 0.2) is 72.8 Å². The maximum Gasteiger partial charge on any atom is -0.0111 e. The van der Waals surface area contributed by atoms with Crippen molar-refractivity contribution in [3.8, 4) is 11.1 Å². The van der Waals surface area contributed by atoms with Crippen LogP contribution in [0.1, 0.15) is 22.3 Å². The summed E-state index contributed by atoms with van der Waals surface area (Å²) >= 11 is 0. The minimum atomic E-state index is 1.25. The van der Waals surface area contributed by atoms with Gasteiger partial charge >= 0.3 is 0 Å². The Kier molecular flexibility index (Phi) is 4.20. The Balaban J connectivity index is 2.00. The largest absolute Gasteiger partial charge is 0.0622 e. The maximum atomic E-state index is 2.23. The van der Waals surface area contributed by atoms with Gasteiger partial charge in [0.1, 0.15) is 0 Å². The second kappa shape index (κ2) is 6.44. The summed E-state index contributed by atoms with van der Waals surface area (Å²) < 4.78 is 0. The van der Waals surface area contributed by atoms with Gasteiger partial charge in [-0.05, 0) is 41.7 Å². The van der Waals surface area contributed by atoms with Gasteiger partial charge in [-0.25, -0.2) is 0 Å². The number of rotatable bonds is 3. The van der Waals surface area contributed by atoms with Crippen molar-refractivity contribution in [2.24, 2.45) is 0 Å². The molecule has 0 radical (unpaired) electrons. The lowest BCUT2D eigenvalue weighted by atomic mass is 9.98. The Morgan fingerprint density at radius 2 is 1.32 bits per heavy atom. The smallest absolute Gasteiger partial charge is 0.0111 e. The Morgan fingerprint density at radius 1 is 0.636 bits per heavy atom. The van der Waals surface area contributed by atoms with Crippen molar-refractivity contribution in [3.63, 3.8) is 0 Å². The van der Waals surface area contributed by atoms with E-state index in [0.717, 1.165) is 0 Å². The molecule has 0 heteroatoms. The summed E-state index contributed by atoms with van der Waals surface area (Å²) in [6.45, 7) is 4.29. The first-order valence-corrected chi connectivity index (χ1v) is 7.64. The van der Waals surface area contributed by atoms with Crippen LogP contribution in [0.5, 0.6) is 0 Å². The van der Waals surface area contributed by atoms with Crippen LogP contribution in [0.2, 0.25) is 0 Å². The average molecular weight is 284 g/mol. The second-order valence-corrected chi connectivity index (χ2v) is 5.65. The fraction of sp³-hybridized carbons (Fsp3) is 0.0909. The lowest BCUT2D eigenvalue weighted by Crippen LogP contribution is -1.84. The third-order valence-electron chi connectivity index (χ3n) is 3.92. The van der Waals surface area contributed by atoms with Crippen molar-refractivity contribution in [2.45, 2.75) is 13.8 Å². The minimum Gasteiger partial charge on any atom is -0.0622 e. The van der Waals surface area contributed by atoms with Gasteiger partial charge in [-0.15, -0.1) is 0 Å². The lowest BCUT2D eigenvalue weighted by molar-refractivity contribution is 1.38. The zero-order valence-corrected chi connectivity index (χ0v) is 13.1. The van der Waals surface area contributed by atoms with Crippen LogP contribution in [-0.4, -0.2) is 0 Å². The van der Waals surface area contributed by atoms with Crippen LogP contribution in [0.25, 0.3) is 23.3 Å². The van der Waals surface area contributed by atoms with Gasteiger partial charge in [0.25, 0.3) is 0 Å². The van der Waals surface area contributed by atoms with Crippen molar-refractivity contribution >= 4 is 12.2 Å². The summed E-state index contributed by atoms with van der Waals surface area (Å²) in [6.07, 6.45) is 4.42. The van der Waals surface area contributed by atoms with E-state index in [4.69, 9.17) is 0 Å². The highest BCUT2D eigenvalue weighted by molar-refractivity contribution is 5.81. The summed E-state index contributed by atoms with van der Waals surface area (Å²) in [6, 6.07) is 25.6. The molecule has 0 fully saturated rings. The Hall–Kier alpha value is -2.60. The zero-order chi connectivity index (χ0) is 15.4. The predicted octanol–water partition coefficient (Wildman–Crippen LogP) is 6.14. The average Bonchev–Trinajstić information content (AvgIpc) is 2.57. The van der Waals surface area contributed by atoms with E-state index in [1.54, 1.807) is 0 Å². The van der Waals surface area contributed by atoms with Crippen LogP contribution in [-0.2, 0) is 0 Å². The van der Waals surface area contributed by atoms with Gasteiger partial charge in [0.15, 0.2) is 0 Å². The summed E-state index contributed by atoms with van der Waals surface area (Å²) in [4.78, 5) is 0. The van der Waals surface area contributed by atoms with E-state index in [0.29, 0.717) is 0 Å². The molecule has 0 amide bonds. The first kappa shape index (κ1) is 14.3. The molecule has 0 bridgehead atoms. The van der Waals surface area contributed by atoms with Gasteiger partial charge < -0.3 is 0 Å². The third-order valence-corrected chi connectivity index (χ3v) is 3.92. The Bertz CT molecular complexity index is 795. The van der Waals surface area contributed by atoms with Crippen molar-refractivity contribution in [1.82, 2.24) is 0 Å². The molecule has 0 saturated heterocycles. The quantitative estimate of drug-likeness (QED) is 0.507. The highest BCUT2D eigenvalue weighted by atomic mass is 14.1. The first-order valence-electron chi connectivity index (χ1n) is 7.64. The fourth-order valence-electron chi connectivity index (χ4n) is 2.64. The first-order chi connectivity index (χ1) is 10.7. The van der Waals surface area contributed by atoms with Gasteiger partial charge in [0, 0.05) is 0 Å². The van der Waals surface area contributed by atoms with E-state index in [-0.39, 0.29) is 0 Å². The molecule has 0 heterocycles. The van der Waals surface area contributed by atoms with Crippen LogP contribution < -0.4 is 0 Å². The highest BCUT2D eigenvalue weighted by Gasteiger charge is 2.01. The number of aryl methyl sites for hydroxylation is 2. The van der Waals surface area contributed by atoms with Gasteiger partial charge in [0.05, 0.1) is 0 Å². The van der Waals surface area contributed by atoms with Gasteiger partial charge in [-0.2, -0.15) is 0 Å². The summed E-state index contributed by atoms with van der Waals surface area (Å²) in [5, 5.41) is 0. The molecular weight excluding hydrogens is 264 g/mol. The monoisotopic (exact) mass is 284 g/mol. The molecule has 22 heavy (non-hydrogen) atoms. The summed E-state index contributed by atoms with van der Waals surface area (Å²) in [7, 11) is 0. The van der Waals surface area contributed by atoms with Gasteiger partial charge in [-0.1, -0.05) is 90.5 Å². The zero-order valence-electron chi connectivity index (χ0n) is 13.1. The van der Waals surface area contributed by atoms with Crippen LogP contribution in [0.3, 0.4) is 0 Å². The van der Waals surface area contributed by atoms with Gasteiger partial charge in [0.2, 0.25) is 0 Å². The van der Waals surface area contributed by atoms with E-state index >= 15 is 0 Å². The molecule has 0 N–H and O–H groups in total. The molecule has 0 atom stereocenters. The molecule has 3 aromatic carbocycles. The maximum absolute atomic E-state index is 2.23. The molecule has 3 rings (SSSR count). The van der Waals surface area contributed by atoms with E-state index in [1.165, 1.54) is 33.4 Å². The summed E-state index contributed by atoms with van der Waals surface area (Å²) in [5.41, 5.74) is 7.64. The van der Waals surface area contributed by atoms with E-state index < -0.39 is 0 Å². The van der Waals surface area contributed by atoms with Gasteiger partial charge in [-0.3, -0.25) is 0 Å². The predicted molar refractivity (Wildman–Crippen MR) is 96.7 cm³/mol. The molecule has 0 aliphatic carbocycles. The molecule has 0 aliphatic rings. The SMILES string of the molecule is Cc1ccc(C)c(/C=C/c2ccccc2-c2ccccc2)c1. The van der Waals surface area contributed by atoms with Crippen molar-refractivity contribution in [3.05, 3.63) is 95.1 Å². The normalized spacial score (nSPS) is 11.0. The molecule has 0 saturated carbocycles. The molecule has 0 aromatic heterocycles. The molecule has 0 unspecified atom stereocenters. The lowest BCUT2D eigenvalue weighted by Gasteiger charge is -2.07. The van der Waals surface area contributed by atoms with Crippen LogP contribution >= 0.6 is 0 Å². The number of hydrogen-bond donors (Lipinski definition) is 0. The Labute approximate surface area is 132 Å². The second-order valence-electron chi connectivity index (χ2n) is 5.65. The fourth-order valence-corrected chi connectivity index (χ4v) is 2.64. The van der Waals surface area contributed by atoms with Crippen LogP contribution in [0.4, 0.5) is 0 Å². The van der Waals surface area contributed by atoms with Crippen molar-refractivity contribution in [1.29, 1.82) is 0 Å². The third kappa shape index (κ3) is 3.17. The standard InChI is InChI=1S/C22H20/c1-17-12-13-18(2)21(16-17)15-14-20-10-6-7-11-22(20)19-8-4-3-5-9-19/h3-16H,1-2H3/b15-14+. The molecular formula is C22H20. The molecule has 0 spiro atoms. The van der Waals surface area contributed by atoms with Crippen LogP contribution in [0, 0.1) is 13.8 Å². The van der Waals surface area contributed by atoms with E-state index in [9.17, 15) is 0 Å². The number of benzene rings is 3. The van der Waals surface area contributed by atoms with E-state index in [1.807, 2.05) is 0 Å². The summed E-state index contributed by atoms with van der Waals surface area (Å²) in [5.74, 6) is 0. The number of hydrogen-bond acceptors (Lipinski definition) is 0. The minimum absolute atomic E-state index is 1.25. The topological polar surface area (TPSA) is 0 Å².